The van der Waals surface area contributed by atoms with Crippen LogP contribution in [0.25, 0.3) is 0 Å². The van der Waals surface area contributed by atoms with Gasteiger partial charge in [0.05, 0.1) is 19.4 Å². The highest BCUT2D eigenvalue weighted by molar-refractivity contribution is 9.10. The fourth-order valence-corrected chi connectivity index (χ4v) is 2.10. The lowest BCUT2D eigenvalue weighted by Gasteiger charge is -2.11. The van der Waals surface area contributed by atoms with E-state index in [0.29, 0.717) is 23.8 Å². The van der Waals surface area contributed by atoms with Crippen LogP contribution in [0.1, 0.15) is 6.92 Å². The summed E-state index contributed by atoms with van der Waals surface area (Å²) in [5.41, 5.74) is 0.435. The van der Waals surface area contributed by atoms with Crippen molar-refractivity contribution in [2.45, 2.75) is 6.92 Å². The van der Waals surface area contributed by atoms with Crippen molar-refractivity contribution in [3.05, 3.63) is 18.2 Å². The molecule has 0 aliphatic carbocycles. The van der Waals surface area contributed by atoms with Crippen molar-refractivity contribution >= 4 is 31.6 Å². The largest absolute Gasteiger partial charge is 0.493 e. The standard InChI is InChI=1S/C10H14BrNO4S/c1-3-16-9-5-4-8(6-10(9)15-2)12-17(13,14)7-11/h4-6,12H,3,7H2,1-2H3. The molecule has 1 aromatic rings. The number of halogens is 1. The van der Waals surface area contributed by atoms with Crippen LogP contribution in [0.2, 0.25) is 0 Å². The summed E-state index contributed by atoms with van der Waals surface area (Å²) < 4.78 is 35.4. The highest BCUT2D eigenvalue weighted by Gasteiger charge is 2.10. The van der Waals surface area contributed by atoms with Crippen molar-refractivity contribution in [3.8, 4) is 11.5 Å². The van der Waals surface area contributed by atoms with Gasteiger partial charge in [0.25, 0.3) is 0 Å². The topological polar surface area (TPSA) is 64.6 Å². The van der Waals surface area contributed by atoms with Gasteiger partial charge in [-0.3, -0.25) is 4.72 Å². The molecule has 0 atom stereocenters. The summed E-state index contributed by atoms with van der Waals surface area (Å²) in [6.07, 6.45) is 0. The third-order valence-electron chi connectivity index (χ3n) is 1.88. The fraction of sp³-hybridized carbons (Fsp3) is 0.400. The Bertz CT molecular complexity index is 475. The zero-order chi connectivity index (χ0) is 12.9. The number of anilines is 1. The first-order chi connectivity index (χ1) is 8.02. The lowest BCUT2D eigenvalue weighted by Crippen LogP contribution is -2.13. The lowest BCUT2D eigenvalue weighted by atomic mass is 10.3. The SMILES string of the molecule is CCOc1ccc(NS(=O)(=O)CBr)cc1OC. The Balaban J connectivity index is 2.97. The molecule has 96 valence electrons. The second-order valence-electron chi connectivity index (χ2n) is 3.12. The van der Waals surface area contributed by atoms with Crippen LogP contribution in [0.5, 0.6) is 11.5 Å². The molecule has 0 saturated carbocycles. The minimum Gasteiger partial charge on any atom is -0.493 e. The molecule has 0 amide bonds. The molecule has 5 nitrogen and oxygen atoms in total. The van der Waals surface area contributed by atoms with Crippen molar-refractivity contribution in [1.29, 1.82) is 0 Å². The van der Waals surface area contributed by atoms with E-state index in [9.17, 15) is 8.42 Å². The highest BCUT2D eigenvalue weighted by Crippen LogP contribution is 2.30. The number of methoxy groups -OCH3 is 1. The van der Waals surface area contributed by atoms with Gasteiger partial charge in [-0.05, 0) is 19.1 Å². The zero-order valence-electron chi connectivity index (χ0n) is 9.57. The Morgan fingerprint density at radius 3 is 2.59 bits per heavy atom. The molecule has 0 heterocycles. The minimum atomic E-state index is -3.35. The average molecular weight is 324 g/mol. The van der Waals surface area contributed by atoms with Crippen LogP contribution in [0.3, 0.4) is 0 Å². The van der Waals surface area contributed by atoms with E-state index < -0.39 is 10.0 Å². The molecule has 1 aromatic carbocycles. The van der Waals surface area contributed by atoms with Gasteiger partial charge in [0.2, 0.25) is 10.0 Å². The van der Waals surface area contributed by atoms with E-state index in [1.807, 2.05) is 6.92 Å². The van der Waals surface area contributed by atoms with Crippen LogP contribution in [0.15, 0.2) is 18.2 Å². The summed E-state index contributed by atoms with van der Waals surface area (Å²) in [4.78, 5) is 0. The number of nitrogens with one attached hydrogen (secondary N) is 1. The predicted molar refractivity (Wildman–Crippen MR) is 70.5 cm³/mol. The molecular weight excluding hydrogens is 310 g/mol. The summed E-state index contributed by atoms with van der Waals surface area (Å²) in [5, 5.41) is 0. The molecule has 0 radical (unpaired) electrons. The first-order valence-electron chi connectivity index (χ1n) is 4.89. The van der Waals surface area contributed by atoms with Gasteiger partial charge in [-0.1, -0.05) is 15.9 Å². The van der Waals surface area contributed by atoms with E-state index >= 15 is 0 Å². The first-order valence-corrected chi connectivity index (χ1v) is 7.67. The molecule has 1 N–H and O–H groups in total. The van der Waals surface area contributed by atoms with E-state index in [0.717, 1.165) is 0 Å². The van der Waals surface area contributed by atoms with E-state index in [1.54, 1.807) is 18.2 Å². The van der Waals surface area contributed by atoms with Gasteiger partial charge in [-0.25, -0.2) is 8.42 Å². The summed E-state index contributed by atoms with van der Waals surface area (Å²) in [6.45, 7) is 2.38. The number of hydrogen-bond donors (Lipinski definition) is 1. The number of benzene rings is 1. The van der Waals surface area contributed by atoms with Crippen LogP contribution < -0.4 is 14.2 Å². The third-order valence-corrected chi connectivity index (χ3v) is 4.52. The maximum atomic E-state index is 11.3. The van der Waals surface area contributed by atoms with Gasteiger partial charge < -0.3 is 9.47 Å². The molecule has 0 aromatic heterocycles. The normalized spacial score (nSPS) is 11.0. The molecule has 0 bridgehead atoms. The Morgan fingerprint density at radius 1 is 1.35 bits per heavy atom. The van der Waals surface area contributed by atoms with Gasteiger partial charge in [0, 0.05) is 6.07 Å². The molecule has 7 heteroatoms. The van der Waals surface area contributed by atoms with E-state index in [2.05, 4.69) is 20.7 Å². The summed E-state index contributed by atoms with van der Waals surface area (Å²) in [7, 11) is -1.85. The molecule has 1 rings (SSSR count). The van der Waals surface area contributed by atoms with E-state index in [4.69, 9.17) is 9.47 Å². The quantitative estimate of drug-likeness (QED) is 0.815. The number of rotatable bonds is 6. The second kappa shape index (κ2) is 6.11. The highest BCUT2D eigenvalue weighted by atomic mass is 79.9. The van der Waals surface area contributed by atoms with Crippen LogP contribution in [-0.2, 0) is 10.0 Å². The van der Waals surface area contributed by atoms with Gasteiger partial charge in [0.15, 0.2) is 11.5 Å². The molecule has 0 aliphatic heterocycles. The summed E-state index contributed by atoms with van der Waals surface area (Å²) in [5.74, 6) is 1.07. The Morgan fingerprint density at radius 2 is 2.06 bits per heavy atom. The van der Waals surface area contributed by atoms with Gasteiger partial charge >= 0.3 is 0 Å². The molecule has 0 spiro atoms. The lowest BCUT2D eigenvalue weighted by molar-refractivity contribution is 0.311. The Kier molecular flexibility index (Phi) is 5.07. The van der Waals surface area contributed by atoms with Crippen molar-refractivity contribution < 1.29 is 17.9 Å². The van der Waals surface area contributed by atoms with Crippen LogP contribution in [0.4, 0.5) is 5.69 Å². The van der Waals surface area contributed by atoms with Crippen LogP contribution >= 0.6 is 15.9 Å². The number of sulfonamides is 1. The van der Waals surface area contributed by atoms with E-state index in [1.165, 1.54) is 7.11 Å². The second-order valence-corrected chi connectivity index (χ2v) is 6.15. The number of alkyl halides is 1. The summed E-state index contributed by atoms with van der Waals surface area (Å²) >= 11 is 2.90. The summed E-state index contributed by atoms with van der Waals surface area (Å²) in [6, 6.07) is 4.85. The van der Waals surface area contributed by atoms with Crippen LogP contribution in [-0.4, -0.2) is 26.8 Å². The maximum Gasteiger partial charge on any atom is 0.242 e. The van der Waals surface area contributed by atoms with Crippen molar-refractivity contribution in [2.24, 2.45) is 0 Å². The Hall–Kier alpha value is -0.950. The molecular formula is C10H14BrNO4S. The van der Waals surface area contributed by atoms with Gasteiger partial charge in [-0.15, -0.1) is 0 Å². The monoisotopic (exact) mass is 323 g/mol. The molecule has 17 heavy (non-hydrogen) atoms. The van der Waals surface area contributed by atoms with Gasteiger partial charge in [0.1, 0.15) is 4.66 Å². The van der Waals surface area contributed by atoms with E-state index in [-0.39, 0.29) is 4.66 Å². The molecule has 0 aliphatic rings. The molecule has 0 saturated heterocycles. The van der Waals surface area contributed by atoms with Crippen molar-refractivity contribution in [3.63, 3.8) is 0 Å². The Labute approximate surface area is 109 Å². The van der Waals surface area contributed by atoms with Crippen LogP contribution in [0, 0.1) is 0 Å². The smallest absolute Gasteiger partial charge is 0.242 e. The number of ether oxygens (including phenoxy) is 2. The average Bonchev–Trinajstić information content (AvgIpc) is 2.31. The third kappa shape index (κ3) is 4.08. The molecule has 0 unspecified atom stereocenters. The minimum absolute atomic E-state index is 0.157. The molecule has 0 fully saturated rings. The predicted octanol–water partition coefficient (Wildman–Crippen LogP) is 2.19. The maximum absolute atomic E-state index is 11.3. The van der Waals surface area contributed by atoms with Gasteiger partial charge in [-0.2, -0.15) is 0 Å². The number of hydrogen-bond acceptors (Lipinski definition) is 4. The van der Waals surface area contributed by atoms with Crippen molar-refractivity contribution in [1.82, 2.24) is 0 Å². The zero-order valence-corrected chi connectivity index (χ0v) is 12.0. The first kappa shape index (κ1) is 14.1. The van der Waals surface area contributed by atoms with Crippen molar-refractivity contribution in [2.75, 3.05) is 23.1 Å². The fourth-order valence-electron chi connectivity index (χ4n) is 1.21.